The van der Waals surface area contributed by atoms with Gasteiger partial charge in [0, 0.05) is 22.2 Å². The zero-order chi connectivity index (χ0) is 22.4. The monoisotopic (exact) mass is 428 g/mol. The van der Waals surface area contributed by atoms with Crippen LogP contribution in [0.3, 0.4) is 0 Å². The second-order valence-electron chi connectivity index (χ2n) is 11.1. The molecular weight excluding hydrogens is 378 g/mol. The molecule has 0 rings (SSSR count). The maximum atomic E-state index is 3.66. The van der Waals surface area contributed by atoms with Crippen LogP contribution in [-0.4, -0.2) is 22.6 Å². The predicted molar refractivity (Wildman–Crippen MR) is 136 cm³/mol. The van der Waals surface area contributed by atoms with Gasteiger partial charge in [-0.2, -0.15) is 0 Å². The lowest BCUT2D eigenvalue weighted by molar-refractivity contribution is 0.401. The Kier molecular flexibility index (Phi) is 11.3. The highest BCUT2D eigenvalue weighted by molar-refractivity contribution is 7.62. The van der Waals surface area contributed by atoms with E-state index in [1.165, 1.54) is 11.4 Å². The number of hydrogen-bond acceptors (Lipinski definition) is 2. The second kappa shape index (κ2) is 11.4. The van der Waals surface area contributed by atoms with Gasteiger partial charge in [-0.1, -0.05) is 113 Å². The van der Waals surface area contributed by atoms with E-state index in [1.54, 1.807) is 0 Å². The van der Waals surface area contributed by atoms with Crippen LogP contribution in [0.2, 0.25) is 0 Å². The number of nitrogens with one attached hydrogen (secondary N) is 2. The molecule has 0 aliphatic carbocycles. The van der Waals surface area contributed by atoms with E-state index in [1.807, 2.05) is 0 Å². The van der Waals surface area contributed by atoms with E-state index in [0.29, 0.717) is 22.6 Å². The maximum Gasteiger partial charge on any atom is 0.0372 e. The van der Waals surface area contributed by atoms with Gasteiger partial charge in [-0.25, -0.2) is 0 Å². The lowest BCUT2D eigenvalue weighted by Gasteiger charge is -2.34. The first-order valence-electron chi connectivity index (χ1n) is 11.0. The zero-order valence-electron chi connectivity index (χ0n) is 21.4. The molecule has 0 aliphatic heterocycles. The third-order valence-corrected chi connectivity index (χ3v) is 10.8. The number of allylic oxidation sites excluding steroid dienone is 2. The predicted octanol–water partition coefficient (Wildman–Crippen LogP) is 8.45. The average Bonchev–Trinajstić information content (AvgIpc) is 2.45. The van der Waals surface area contributed by atoms with Crippen LogP contribution in [0.1, 0.15) is 96.9 Å². The molecule has 0 aromatic carbocycles. The van der Waals surface area contributed by atoms with Gasteiger partial charge in [0.2, 0.25) is 0 Å². The van der Waals surface area contributed by atoms with Crippen LogP contribution >= 0.6 is 15.8 Å². The van der Waals surface area contributed by atoms with E-state index in [2.05, 4.69) is 119 Å². The van der Waals surface area contributed by atoms with E-state index in [9.17, 15) is 0 Å². The van der Waals surface area contributed by atoms with Crippen LogP contribution in [0.15, 0.2) is 23.0 Å². The van der Waals surface area contributed by atoms with Crippen molar-refractivity contribution in [1.29, 1.82) is 0 Å². The minimum atomic E-state index is -0.158. The summed E-state index contributed by atoms with van der Waals surface area (Å²) in [5.74, 6) is 5.07. The highest BCUT2D eigenvalue weighted by Gasteiger charge is 2.25. The topological polar surface area (TPSA) is 24.1 Å². The van der Waals surface area contributed by atoms with Gasteiger partial charge in [-0.15, -0.1) is 0 Å². The molecule has 166 valence electrons. The first-order valence-corrected chi connectivity index (χ1v) is 14.1. The highest BCUT2D eigenvalue weighted by atomic mass is 31.1. The van der Waals surface area contributed by atoms with Crippen LogP contribution in [-0.2, 0) is 0 Å². The molecule has 0 aromatic heterocycles. The molecular formula is C24H50N2P2. The Hall–Kier alpha value is -0.0600. The summed E-state index contributed by atoms with van der Waals surface area (Å²) >= 11 is 0. The molecule has 0 radical (unpaired) electrons. The van der Waals surface area contributed by atoms with Gasteiger partial charge < -0.3 is 10.9 Å². The summed E-state index contributed by atoms with van der Waals surface area (Å²) in [5.41, 5.74) is 12.9. The fraction of sp³-hybridized carbons (Fsp3) is 0.833. The van der Waals surface area contributed by atoms with Gasteiger partial charge in [-0.05, 0) is 34.3 Å². The molecule has 0 aliphatic rings. The minimum absolute atomic E-state index is 0.0845. The molecule has 0 heterocycles. The number of rotatable bonds is 9. The Morgan fingerprint density at radius 1 is 0.536 bits per heavy atom. The summed E-state index contributed by atoms with van der Waals surface area (Å²) in [4.78, 5) is 0. The Morgan fingerprint density at radius 2 is 0.750 bits per heavy atom. The summed E-state index contributed by atoms with van der Waals surface area (Å²) < 4.78 is 0. The van der Waals surface area contributed by atoms with Crippen molar-refractivity contribution in [1.82, 2.24) is 10.9 Å². The summed E-state index contributed by atoms with van der Waals surface area (Å²) in [6.45, 7) is 32.7. The van der Waals surface area contributed by atoms with E-state index >= 15 is 0 Å². The van der Waals surface area contributed by atoms with Gasteiger partial charge >= 0.3 is 0 Å². The van der Waals surface area contributed by atoms with E-state index in [0.717, 1.165) is 0 Å². The van der Waals surface area contributed by atoms with Crippen molar-refractivity contribution in [3.63, 3.8) is 0 Å². The SMILES string of the molecule is CC(C)P(/C=C(\NN/C(=C\P(C(C)C)C(C)C)C(C)(C)C)C(C)(C)C)C(C)C. The maximum absolute atomic E-state index is 3.66. The van der Waals surface area contributed by atoms with Crippen molar-refractivity contribution in [2.24, 2.45) is 10.8 Å². The molecule has 0 unspecified atom stereocenters. The minimum Gasteiger partial charge on any atom is -0.305 e. The molecule has 0 spiro atoms. The summed E-state index contributed by atoms with van der Waals surface area (Å²) in [6.07, 6.45) is 0. The van der Waals surface area contributed by atoms with Gasteiger partial charge in [0.25, 0.3) is 0 Å². The fourth-order valence-electron chi connectivity index (χ4n) is 3.05. The molecule has 28 heavy (non-hydrogen) atoms. The molecule has 0 amide bonds. The van der Waals surface area contributed by atoms with Crippen molar-refractivity contribution in [3.8, 4) is 0 Å². The Morgan fingerprint density at radius 3 is 0.893 bits per heavy atom. The first-order chi connectivity index (χ1) is 12.5. The van der Waals surface area contributed by atoms with Crippen molar-refractivity contribution in [3.05, 3.63) is 23.0 Å². The van der Waals surface area contributed by atoms with Gasteiger partial charge in [0.1, 0.15) is 0 Å². The third kappa shape index (κ3) is 9.63. The summed E-state index contributed by atoms with van der Waals surface area (Å²) in [6, 6.07) is 0. The van der Waals surface area contributed by atoms with E-state index < -0.39 is 0 Å². The van der Waals surface area contributed by atoms with Crippen LogP contribution < -0.4 is 10.9 Å². The van der Waals surface area contributed by atoms with Crippen molar-refractivity contribution >= 4 is 15.8 Å². The normalized spacial score (nSPS) is 15.0. The molecule has 2 nitrogen and oxygen atoms in total. The standard InChI is InChI=1S/C24H50N2P2/c1-17(2)27(18(3)4)15-21(23(9,10)11)25-26-22(24(12,13)14)16-28(19(5)6)20(7)8/h15-20,25-26H,1-14H3/b21-15-,22-16-. The van der Waals surface area contributed by atoms with E-state index in [-0.39, 0.29) is 26.7 Å². The molecule has 2 N–H and O–H groups in total. The molecule has 0 saturated carbocycles. The van der Waals surface area contributed by atoms with Gasteiger partial charge in [-0.3, -0.25) is 0 Å². The Labute approximate surface area is 180 Å². The average molecular weight is 429 g/mol. The largest absolute Gasteiger partial charge is 0.305 e. The second-order valence-corrected chi connectivity index (χ2v) is 17.5. The molecule has 4 heteroatoms. The zero-order valence-corrected chi connectivity index (χ0v) is 23.1. The van der Waals surface area contributed by atoms with Crippen molar-refractivity contribution in [2.45, 2.75) is 120 Å². The lowest BCUT2D eigenvalue weighted by Crippen LogP contribution is -2.39. The number of hydrazine groups is 1. The highest BCUT2D eigenvalue weighted by Crippen LogP contribution is 2.50. The smallest absolute Gasteiger partial charge is 0.0372 e. The Bertz CT molecular complexity index is 454. The van der Waals surface area contributed by atoms with Crippen LogP contribution in [0.5, 0.6) is 0 Å². The van der Waals surface area contributed by atoms with Crippen LogP contribution in [0.4, 0.5) is 0 Å². The molecule has 0 aromatic rings. The van der Waals surface area contributed by atoms with Gasteiger partial charge in [0.15, 0.2) is 0 Å². The quantitative estimate of drug-likeness (QED) is 0.284. The molecule has 0 atom stereocenters. The van der Waals surface area contributed by atoms with E-state index in [4.69, 9.17) is 0 Å². The van der Waals surface area contributed by atoms with Crippen LogP contribution in [0.25, 0.3) is 0 Å². The first kappa shape index (κ1) is 27.9. The summed E-state index contributed by atoms with van der Waals surface area (Å²) in [7, 11) is -0.317. The van der Waals surface area contributed by atoms with Gasteiger partial charge in [0.05, 0.1) is 0 Å². The lowest BCUT2D eigenvalue weighted by atomic mass is 9.92. The molecule has 0 saturated heterocycles. The number of hydrogen-bond donors (Lipinski definition) is 2. The third-order valence-electron chi connectivity index (χ3n) is 4.89. The van der Waals surface area contributed by atoms with Crippen LogP contribution in [0, 0.1) is 10.8 Å². The van der Waals surface area contributed by atoms with Crippen molar-refractivity contribution < 1.29 is 0 Å². The Balaban J connectivity index is 5.86. The van der Waals surface area contributed by atoms with Crippen molar-refractivity contribution in [2.75, 3.05) is 0 Å². The molecule has 0 bridgehead atoms. The fourth-order valence-corrected chi connectivity index (χ4v) is 8.13. The summed E-state index contributed by atoms with van der Waals surface area (Å²) in [5, 5.41) is 0. The molecule has 0 fully saturated rings.